The van der Waals surface area contributed by atoms with Gasteiger partial charge in [-0.2, -0.15) is 0 Å². The van der Waals surface area contributed by atoms with Crippen molar-refractivity contribution in [1.29, 1.82) is 0 Å². The van der Waals surface area contributed by atoms with Gasteiger partial charge in [0, 0.05) is 25.1 Å². The van der Waals surface area contributed by atoms with Crippen molar-refractivity contribution < 1.29 is 22.8 Å². The maximum absolute atomic E-state index is 13.5. The lowest BCUT2D eigenvalue weighted by Gasteiger charge is -2.15. The first-order valence-electron chi connectivity index (χ1n) is 7.55. The minimum absolute atomic E-state index is 0.0757. The Morgan fingerprint density at radius 2 is 2.00 bits per heavy atom. The van der Waals surface area contributed by atoms with E-state index in [0.717, 1.165) is 12.1 Å². The van der Waals surface area contributed by atoms with Crippen molar-refractivity contribution in [3.63, 3.8) is 0 Å². The molecule has 1 aromatic heterocycles. The summed E-state index contributed by atoms with van der Waals surface area (Å²) in [6, 6.07) is 7.01. The maximum atomic E-state index is 13.5. The van der Waals surface area contributed by atoms with Gasteiger partial charge in [0.2, 0.25) is 11.8 Å². The molecule has 1 fully saturated rings. The minimum atomic E-state index is -0.711. The molecule has 0 aliphatic carbocycles. The molecule has 2 aromatic rings. The van der Waals surface area contributed by atoms with Gasteiger partial charge in [-0.1, -0.05) is 6.07 Å². The fraction of sp³-hybridized carbons (Fsp3) is 0.294. The molecule has 24 heavy (non-hydrogen) atoms. The summed E-state index contributed by atoms with van der Waals surface area (Å²) in [7, 11) is 0. The normalized spacial score (nSPS) is 17.3. The van der Waals surface area contributed by atoms with E-state index in [2.05, 4.69) is 5.32 Å². The molecule has 0 radical (unpaired) electrons. The van der Waals surface area contributed by atoms with Gasteiger partial charge in [-0.05, 0) is 24.3 Å². The van der Waals surface area contributed by atoms with E-state index < -0.39 is 23.5 Å². The van der Waals surface area contributed by atoms with Gasteiger partial charge < -0.3 is 14.6 Å². The molecular formula is C17H16F2N2O3. The zero-order chi connectivity index (χ0) is 17.1. The molecule has 126 valence electrons. The lowest BCUT2D eigenvalue weighted by Crippen LogP contribution is -2.32. The van der Waals surface area contributed by atoms with Gasteiger partial charge in [-0.15, -0.1) is 0 Å². The van der Waals surface area contributed by atoms with Crippen LogP contribution in [0.4, 0.5) is 8.78 Å². The first-order valence-corrected chi connectivity index (χ1v) is 7.55. The van der Waals surface area contributed by atoms with Crippen molar-refractivity contribution in [2.24, 2.45) is 5.92 Å². The van der Waals surface area contributed by atoms with Crippen LogP contribution in [0.1, 0.15) is 17.7 Å². The molecule has 0 unspecified atom stereocenters. The van der Waals surface area contributed by atoms with Gasteiger partial charge in [-0.3, -0.25) is 9.59 Å². The van der Waals surface area contributed by atoms with Gasteiger partial charge in [0.15, 0.2) is 0 Å². The number of halogens is 2. The quantitative estimate of drug-likeness (QED) is 0.912. The Labute approximate surface area is 137 Å². The molecule has 1 aromatic carbocycles. The standard InChI is InChI=1S/C17H16F2N2O3/c18-14-4-1-5-15(19)13(14)8-20-17(23)11-7-16(22)21(9-11)10-12-3-2-6-24-12/h1-6,11H,7-10H2,(H,20,23)/t11-/m1/s1. The van der Waals surface area contributed by atoms with E-state index in [4.69, 9.17) is 4.42 Å². The third kappa shape index (κ3) is 3.45. The second-order valence-corrected chi connectivity index (χ2v) is 5.67. The van der Waals surface area contributed by atoms with Crippen LogP contribution in [0.15, 0.2) is 41.0 Å². The Hall–Kier alpha value is -2.70. The van der Waals surface area contributed by atoms with E-state index in [1.807, 2.05) is 0 Å². The zero-order valence-electron chi connectivity index (χ0n) is 12.8. The smallest absolute Gasteiger partial charge is 0.225 e. The van der Waals surface area contributed by atoms with Crippen molar-refractivity contribution in [3.8, 4) is 0 Å². The number of nitrogens with one attached hydrogen (secondary N) is 1. The molecule has 2 heterocycles. The predicted octanol–water partition coefficient (Wildman–Crippen LogP) is 2.22. The van der Waals surface area contributed by atoms with Crippen molar-refractivity contribution in [1.82, 2.24) is 10.2 Å². The Kier molecular flexibility index (Phi) is 4.59. The molecule has 1 aliphatic heterocycles. The summed E-state index contributed by atoms with van der Waals surface area (Å²) < 4.78 is 32.3. The van der Waals surface area contributed by atoms with Crippen molar-refractivity contribution >= 4 is 11.8 Å². The third-order valence-electron chi connectivity index (χ3n) is 4.01. The molecule has 5 nitrogen and oxygen atoms in total. The maximum Gasteiger partial charge on any atom is 0.225 e. The van der Waals surface area contributed by atoms with E-state index in [9.17, 15) is 18.4 Å². The highest BCUT2D eigenvalue weighted by Crippen LogP contribution is 2.21. The molecule has 1 atom stereocenters. The highest BCUT2D eigenvalue weighted by Gasteiger charge is 2.34. The molecule has 3 rings (SSSR count). The van der Waals surface area contributed by atoms with Gasteiger partial charge in [0.05, 0.1) is 18.7 Å². The third-order valence-corrected chi connectivity index (χ3v) is 4.01. The molecule has 0 bridgehead atoms. The predicted molar refractivity (Wildman–Crippen MR) is 80.4 cm³/mol. The number of carbonyl (C=O) groups excluding carboxylic acids is 2. The van der Waals surface area contributed by atoms with Crippen LogP contribution in [0.25, 0.3) is 0 Å². The summed E-state index contributed by atoms with van der Waals surface area (Å²) in [5.41, 5.74) is -0.192. The highest BCUT2D eigenvalue weighted by atomic mass is 19.1. The average molecular weight is 334 g/mol. The molecule has 0 saturated carbocycles. The van der Waals surface area contributed by atoms with Crippen LogP contribution in [-0.4, -0.2) is 23.3 Å². The lowest BCUT2D eigenvalue weighted by atomic mass is 10.1. The van der Waals surface area contributed by atoms with Crippen LogP contribution in [0, 0.1) is 17.6 Å². The second-order valence-electron chi connectivity index (χ2n) is 5.67. The largest absolute Gasteiger partial charge is 0.467 e. The van der Waals surface area contributed by atoms with E-state index in [0.29, 0.717) is 12.3 Å². The van der Waals surface area contributed by atoms with Crippen LogP contribution in [-0.2, 0) is 22.7 Å². The van der Waals surface area contributed by atoms with Crippen LogP contribution in [0.5, 0.6) is 0 Å². The van der Waals surface area contributed by atoms with Gasteiger partial charge in [0.1, 0.15) is 17.4 Å². The number of amides is 2. The molecule has 2 amide bonds. The topological polar surface area (TPSA) is 62.6 Å². The number of hydrogen-bond acceptors (Lipinski definition) is 3. The monoisotopic (exact) mass is 334 g/mol. The summed E-state index contributed by atoms with van der Waals surface area (Å²) in [4.78, 5) is 25.7. The minimum Gasteiger partial charge on any atom is -0.467 e. The second kappa shape index (κ2) is 6.82. The van der Waals surface area contributed by atoms with E-state index in [1.54, 1.807) is 12.1 Å². The first kappa shape index (κ1) is 16.2. The van der Waals surface area contributed by atoms with Crippen molar-refractivity contribution in [2.75, 3.05) is 6.54 Å². The average Bonchev–Trinajstić information content (AvgIpc) is 3.17. The van der Waals surface area contributed by atoms with Crippen molar-refractivity contribution in [3.05, 3.63) is 59.6 Å². The highest BCUT2D eigenvalue weighted by molar-refractivity contribution is 5.89. The molecular weight excluding hydrogens is 318 g/mol. The molecule has 1 N–H and O–H groups in total. The van der Waals surface area contributed by atoms with E-state index in [1.165, 1.54) is 17.2 Å². The number of carbonyl (C=O) groups is 2. The number of benzene rings is 1. The summed E-state index contributed by atoms with van der Waals surface area (Å²) >= 11 is 0. The fourth-order valence-electron chi connectivity index (χ4n) is 2.71. The summed E-state index contributed by atoms with van der Waals surface area (Å²) in [6.45, 7) is 0.308. The number of nitrogens with zero attached hydrogens (tertiary/aromatic N) is 1. The van der Waals surface area contributed by atoms with Crippen LogP contribution < -0.4 is 5.32 Å². The molecule has 1 aliphatic rings. The molecule has 7 heteroatoms. The molecule has 0 spiro atoms. The summed E-state index contributed by atoms with van der Waals surface area (Å²) in [6.07, 6.45) is 1.59. The SMILES string of the molecule is O=C(NCc1c(F)cccc1F)[C@@H]1CC(=O)N(Cc2ccco2)C1. The Morgan fingerprint density at radius 3 is 2.67 bits per heavy atom. The Bertz CT molecular complexity index is 726. The lowest BCUT2D eigenvalue weighted by molar-refractivity contribution is -0.129. The zero-order valence-corrected chi connectivity index (χ0v) is 12.8. The Balaban J connectivity index is 1.57. The first-order chi connectivity index (χ1) is 11.5. The summed E-state index contributed by atoms with van der Waals surface area (Å²) in [5.74, 6) is -1.87. The van der Waals surface area contributed by atoms with Crippen LogP contribution in [0.3, 0.4) is 0 Å². The number of furan rings is 1. The van der Waals surface area contributed by atoms with Crippen molar-refractivity contribution in [2.45, 2.75) is 19.5 Å². The number of rotatable bonds is 5. The summed E-state index contributed by atoms with van der Waals surface area (Å²) in [5, 5.41) is 2.50. The van der Waals surface area contributed by atoms with Gasteiger partial charge >= 0.3 is 0 Å². The number of likely N-dealkylation sites (tertiary alicyclic amines) is 1. The van der Waals surface area contributed by atoms with Crippen LogP contribution in [0.2, 0.25) is 0 Å². The van der Waals surface area contributed by atoms with E-state index in [-0.39, 0.29) is 31.0 Å². The fourth-order valence-corrected chi connectivity index (χ4v) is 2.71. The Morgan fingerprint density at radius 1 is 1.25 bits per heavy atom. The number of hydrogen-bond donors (Lipinski definition) is 1. The van der Waals surface area contributed by atoms with E-state index >= 15 is 0 Å². The van der Waals surface area contributed by atoms with Gasteiger partial charge in [0.25, 0.3) is 0 Å². The van der Waals surface area contributed by atoms with Crippen LogP contribution >= 0.6 is 0 Å². The van der Waals surface area contributed by atoms with Gasteiger partial charge in [-0.25, -0.2) is 8.78 Å². The molecule has 1 saturated heterocycles.